The van der Waals surface area contributed by atoms with Crippen molar-refractivity contribution in [3.05, 3.63) is 174 Å². The van der Waals surface area contributed by atoms with Crippen LogP contribution in [0.5, 0.6) is 11.5 Å². The minimum atomic E-state index is -0.597. The maximum absolute atomic E-state index is 14.0. The van der Waals surface area contributed by atoms with Crippen molar-refractivity contribution in [2.45, 2.75) is 0 Å². The predicted molar refractivity (Wildman–Crippen MR) is 221 cm³/mol. The second kappa shape index (κ2) is 15.2. The minimum absolute atomic E-state index is 0.0206. The lowest BCUT2D eigenvalue weighted by atomic mass is 10.00. The van der Waals surface area contributed by atoms with Crippen molar-refractivity contribution in [2.24, 2.45) is 10.2 Å². The van der Waals surface area contributed by atoms with E-state index in [1.807, 2.05) is 97.1 Å². The molecule has 0 aliphatic carbocycles. The summed E-state index contributed by atoms with van der Waals surface area (Å²) in [6.07, 6.45) is 0. The van der Waals surface area contributed by atoms with Gasteiger partial charge in [0.1, 0.15) is 17.1 Å². The van der Waals surface area contributed by atoms with Crippen molar-refractivity contribution in [1.82, 2.24) is 0 Å². The molecule has 0 unspecified atom stereocenters. The van der Waals surface area contributed by atoms with Crippen LogP contribution >= 0.6 is 0 Å². The number of phenolic OH excluding ortho intramolecular Hbond substituents is 1. The van der Waals surface area contributed by atoms with Crippen LogP contribution in [0.3, 0.4) is 0 Å². The van der Waals surface area contributed by atoms with E-state index in [1.165, 1.54) is 19.2 Å². The lowest BCUT2D eigenvalue weighted by Gasteiger charge is -2.14. The first kappa shape index (κ1) is 35.2. The summed E-state index contributed by atoms with van der Waals surface area (Å²) in [5.41, 5.74) is 2.53. The number of rotatable bonds is 9. The molecule has 4 N–H and O–H groups in total. The molecule has 0 spiro atoms. The van der Waals surface area contributed by atoms with Crippen LogP contribution in [-0.4, -0.2) is 29.9 Å². The molecular formula is C46H33N5O5. The number of hydrogen-bond donors (Lipinski definition) is 4. The molecule has 0 aromatic heterocycles. The maximum atomic E-state index is 14.0. The molecular weight excluding hydrogens is 703 g/mol. The van der Waals surface area contributed by atoms with Gasteiger partial charge in [0.2, 0.25) is 0 Å². The average molecular weight is 736 g/mol. The van der Waals surface area contributed by atoms with Gasteiger partial charge in [0.05, 0.1) is 12.7 Å². The third kappa shape index (κ3) is 7.10. The fourth-order valence-electron chi connectivity index (χ4n) is 6.58. The van der Waals surface area contributed by atoms with E-state index in [0.29, 0.717) is 44.7 Å². The van der Waals surface area contributed by atoms with Crippen molar-refractivity contribution < 1.29 is 24.2 Å². The number of carbonyl (C=O) groups is 3. The second-order valence-corrected chi connectivity index (χ2v) is 12.9. The van der Waals surface area contributed by atoms with Crippen molar-refractivity contribution >= 4 is 78.5 Å². The normalized spacial score (nSPS) is 11.2. The monoisotopic (exact) mass is 735 g/mol. The molecule has 0 atom stereocenters. The van der Waals surface area contributed by atoms with Crippen molar-refractivity contribution in [3.63, 3.8) is 0 Å². The van der Waals surface area contributed by atoms with Gasteiger partial charge < -0.3 is 25.8 Å². The molecule has 10 heteroatoms. The van der Waals surface area contributed by atoms with Crippen LogP contribution < -0.4 is 20.7 Å². The number of methoxy groups -OCH3 is 1. The van der Waals surface area contributed by atoms with E-state index in [0.717, 1.165) is 21.5 Å². The number of nitrogens with zero attached hydrogens (tertiary/aromatic N) is 2. The fraction of sp³-hybridized carbons (Fsp3) is 0.0217. The molecule has 56 heavy (non-hydrogen) atoms. The first-order valence-corrected chi connectivity index (χ1v) is 17.7. The Morgan fingerprint density at radius 3 is 1.77 bits per heavy atom. The maximum Gasteiger partial charge on any atom is 0.259 e. The molecule has 0 radical (unpaired) electrons. The molecule has 0 saturated carbocycles. The molecule has 0 aliphatic rings. The summed E-state index contributed by atoms with van der Waals surface area (Å²) < 4.78 is 5.53. The number of carbonyl (C=O) groups excluding carboxylic acids is 3. The van der Waals surface area contributed by atoms with Gasteiger partial charge in [-0.2, -0.15) is 0 Å². The first-order chi connectivity index (χ1) is 27.4. The van der Waals surface area contributed by atoms with Crippen LogP contribution in [0.15, 0.2) is 168 Å². The summed E-state index contributed by atoms with van der Waals surface area (Å²) >= 11 is 0. The van der Waals surface area contributed by atoms with Crippen LogP contribution in [0.2, 0.25) is 0 Å². The highest BCUT2D eigenvalue weighted by Gasteiger charge is 2.21. The Balaban J connectivity index is 1.20. The Morgan fingerprint density at radius 2 is 1.09 bits per heavy atom. The fourth-order valence-corrected chi connectivity index (χ4v) is 6.58. The van der Waals surface area contributed by atoms with E-state index in [4.69, 9.17) is 4.74 Å². The molecule has 3 amide bonds. The highest BCUT2D eigenvalue weighted by atomic mass is 16.5. The number of aromatic hydroxyl groups is 1. The largest absolute Gasteiger partial charge is 0.505 e. The standard InChI is InChI=1S/C46H33N5O5/c1-56-41-24-22-31(44(53)47-33-15-3-2-4-16-33)27-40(41)50-51-42-36-23-21-30(45(54)48-38-19-9-13-28-11-5-7-17-34(28)38)25-32(36)26-37(43(42)52)46(55)49-39-20-10-14-29-12-6-8-18-35(29)39/h2-27,52H,1H3,(H,47,53)(H,48,54)(H,49,55). The van der Waals surface area contributed by atoms with Crippen molar-refractivity contribution in [2.75, 3.05) is 23.1 Å². The van der Waals surface area contributed by atoms with Crippen LogP contribution in [0.25, 0.3) is 32.3 Å². The summed E-state index contributed by atoms with van der Waals surface area (Å²) in [5, 5.41) is 33.9. The molecule has 0 fully saturated rings. The van der Waals surface area contributed by atoms with Gasteiger partial charge in [0, 0.05) is 44.3 Å². The van der Waals surface area contributed by atoms with E-state index >= 15 is 0 Å². The van der Waals surface area contributed by atoms with Crippen LogP contribution in [0, 0.1) is 0 Å². The zero-order valence-corrected chi connectivity index (χ0v) is 30.0. The highest BCUT2D eigenvalue weighted by Crippen LogP contribution is 2.41. The van der Waals surface area contributed by atoms with E-state index in [9.17, 15) is 19.5 Å². The van der Waals surface area contributed by atoms with Gasteiger partial charge >= 0.3 is 0 Å². The molecule has 0 bridgehead atoms. The van der Waals surface area contributed by atoms with Gasteiger partial charge in [0.25, 0.3) is 17.7 Å². The van der Waals surface area contributed by atoms with Gasteiger partial charge in [0.15, 0.2) is 5.75 Å². The van der Waals surface area contributed by atoms with Crippen molar-refractivity contribution in [1.29, 1.82) is 0 Å². The number of anilines is 3. The second-order valence-electron chi connectivity index (χ2n) is 12.9. The van der Waals surface area contributed by atoms with E-state index in [-0.39, 0.29) is 28.8 Å². The minimum Gasteiger partial charge on any atom is -0.505 e. The summed E-state index contributed by atoms with van der Waals surface area (Å²) in [4.78, 5) is 40.9. The van der Waals surface area contributed by atoms with E-state index in [1.54, 1.807) is 48.5 Å². The zero-order chi connectivity index (χ0) is 38.6. The molecule has 0 saturated heterocycles. The van der Waals surface area contributed by atoms with Crippen LogP contribution in [0.4, 0.5) is 28.4 Å². The Kier molecular flexibility index (Phi) is 9.58. The summed E-state index contributed by atoms with van der Waals surface area (Å²) in [6, 6.07) is 46.8. The summed E-state index contributed by atoms with van der Waals surface area (Å²) in [5.74, 6) is -1.43. The molecule has 8 aromatic rings. The Bertz CT molecular complexity index is 2840. The number of fused-ring (bicyclic) bond motifs is 3. The Morgan fingerprint density at radius 1 is 0.518 bits per heavy atom. The molecule has 10 nitrogen and oxygen atoms in total. The molecule has 8 rings (SSSR count). The van der Waals surface area contributed by atoms with Gasteiger partial charge in [-0.15, -0.1) is 10.2 Å². The average Bonchev–Trinajstić information content (AvgIpc) is 3.23. The first-order valence-electron chi connectivity index (χ1n) is 17.7. The number of ether oxygens (including phenoxy) is 1. The predicted octanol–water partition coefficient (Wildman–Crippen LogP) is 11.0. The molecule has 0 heterocycles. The van der Waals surface area contributed by atoms with E-state index in [2.05, 4.69) is 26.2 Å². The molecule has 272 valence electrons. The summed E-state index contributed by atoms with van der Waals surface area (Å²) in [6.45, 7) is 0. The number of hydrogen-bond acceptors (Lipinski definition) is 7. The van der Waals surface area contributed by atoms with Crippen molar-refractivity contribution in [3.8, 4) is 11.5 Å². The smallest absolute Gasteiger partial charge is 0.259 e. The molecule has 8 aromatic carbocycles. The van der Waals surface area contributed by atoms with Gasteiger partial charge in [-0.1, -0.05) is 97.1 Å². The number of nitrogens with one attached hydrogen (secondary N) is 3. The lowest BCUT2D eigenvalue weighted by Crippen LogP contribution is -2.13. The number of para-hydroxylation sites is 1. The Labute approximate surface area is 321 Å². The number of azo groups is 1. The van der Waals surface area contributed by atoms with Crippen LogP contribution in [0.1, 0.15) is 31.1 Å². The number of phenols is 1. The third-order valence-electron chi connectivity index (χ3n) is 9.40. The van der Waals surface area contributed by atoms with Gasteiger partial charge in [-0.05, 0) is 76.8 Å². The number of amides is 3. The third-order valence-corrected chi connectivity index (χ3v) is 9.40. The SMILES string of the molecule is COc1ccc(C(=O)Nc2ccccc2)cc1N=Nc1c(O)c(C(=O)Nc2cccc3ccccc23)cc2cc(C(=O)Nc3cccc4ccccc34)ccc12. The highest BCUT2D eigenvalue weighted by molar-refractivity contribution is 6.16. The Hall–Kier alpha value is -7.85. The number of benzene rings is 8. The summed E-state index contributed by atoms with van der Waals surface area (Å²) in [7, 11) is 1.47. The van der Waals surface area contributed by atoms with E-state index < -0.39 is 11.7 Å². The van der Waals surface area contributed by atoms with Gasteiger partial charge in [-0.25, -0.2) is 0 Å². The quantitative estimate of drug-likeness (QED) is 0.109. The molecule has 0 aliphatic heterocycles. The van der Waals surface area contributed by atoms with Crippen LogP contribution in [-0.2, 0) is 0 Å². The topological polar surface area (TPSA) is 141 Å². The lowest BCUT2D eigenvalue weighted by molar-refractivity contribution is 0.101. The zero-order valence-electron chi connectivity index (χ0n) is 30.0. The van der Waals surface area contributed by atoms with Gasteiger partial charge in [-0.3, -0.25) is 14.4 Å².